The average molecular weight is 426 g/mol. The Balaban J connectivity index is 1.12. The van der Waals surface area contributed by atoms with Crippen molar-refractivity contribution >= 4 is 34.0 Å². The number of pyridine rings is 2. The Labute approximate surface area is 182 Å². The van der Waals surface area contributed by atoms with Gasteiger partial charge in [-0.05, 0) is 55.7 Å². The molecule has 6 rings (SSSR count). The molecule has 160 valence electrons. The maximum atomic E-state index is 12.4. The van der Waals surface area contributed by atoms with Crippen molar-refractivity contribution in [2.75, 3.05) is 10.6 Å². The van der Waals surface area contributed by atoms with Crippen LogP contribution < -0.4 is 16.3 Å². The molecule has 2 atom stereocenters. The maximum Gasteiger partial charge on any atom is 0.331 e. The summed E-state index contributed by atoms with van der Waals surface area (Å²) >= 11 is 0. The van der Waals surface area contributed by atoms with Crippen molar-refractivity contribution in [3.8, 4) is 5.69 Å². The van der Waals surface area contributed by atoms with Gasteiger partial charge in [-0.15, -0.1) is 0 Å². The molecule has 5 aromatic rings. The normalized spacial score (nSPS) is 18.4. The number of fused-ring (bicyclic) bond motifs is 2. The smallest absolute Gasteiger partial charge is 0.331 e. The molecule has 1 aromatic carbocycles. The van der Waals surface area contributed by atoms with Gasteiger partial charge in [-0.2, -0.15) is 4.98 Å². The lowest BCUT2D eigenvalue weighted by Crippen LogP contribution is -2.21. The summed E-state index contributed by atoms with van der Waals surface area (Å²) in [4.78, 5) is 31.9. The first-order valence-electron chi connectivity index (χ1n) is 10.7. The van der Waals surface area contributed by atoms with Gasteiger partial charge in [-0.25, -0.2) is 14.8 Å². The molecular weight excluding hydrogens is 404 g/mol. The van der Waals surface area contributed by atoms with E-state index in [2.05, 4.69) is 35.6 Å². The highest BCUT2D eigenvalue weighted by atomic mass is 16.1. The summed E-state index contributed by atoms with van der Waals surface area (Å²) in [5.74, 6) is 1.57. The molecule has 1 aliphatic rings. The molecule has 32 heavy (non-hydrogen) atoms. The largest absolute Gasteiger partial charge is 0.367 e. The fourth-order valence-electron chi connectivity index (χ4n) is 4.47. The summed E-state index contributed by atoms with van der Waals surface area (Å²) in [5.41, 5.74) is 3.87. The van der Waals surface area contributed by atoms with Crippen molar-refractivity contribution in [1.82, 2.24) is 29.5 Å². The average Bonchev–Trinajstić information content (AvgIpc) is 3.50. The second-order valence-electron chi connectivity index (χ2n) is 8.14. The van der Waals surface area contributed by atoms with Crippen molar-refractivity contribution in [3.05, 3.63) is 71.4 Å². The quantitative estimate of drug-likeness (QED) is 0.342. The van der Waals surface area contributed by atoms with Gasteiger partial charge < -0.3 is 20.6 Å². The fraction of sp³-hybridized carbons (Fsp3) is 0.217. The number of nitrogens with one attached hydrogen (secondary N) is 4. The van der Waals surface area contributed by atoms with Crippen LogP contribution in [-0.4, -0.2) is 41.6 Å². The van der Waals surface area contributed by atoms with E-state index in [1.54, 1.807) is 17.0 Å². The summed E-state index contributed by atoms with van der Waals surface area (Å²) in [7, 11) is 0. The Kier molecular flexibility index (Phi) is 4.38. The molecule has 0 radical (unpaired) electrons. The second-order valence-corrected chi connectivity index (χ2v) is 8.14. The van der Waals surface area contributed by atoms with Crippen LogP contribution in [0.15, 0.2) is 65.7 Å². The van der Waals surface area contributed by atoms with Crippen molar-refractivity contribution in [1.29, 1.82) is 0 Å². The summed E-state index contributed by atoms with van der Waals surface area (Å²) in [6.45, 7) is 0. The summed E-state index contributed by atoms with van der Waals surface area (Å²) in [6, 6.07) is 16.0. The molecule has 1 aliphatic carbocycles. The third-order valence-electron chi connectivity index (χ3n) is 5.98. The van der Waals surface area contributed by atoms with Crippen molar-refractivity contribution in [2.45, 2.75) is 31.3 Å². The van der Waals surface area contributed by atoms with Gasteiger partial charge in [-0.1, -0.05) is 12.1 Å². The molecule has 9 heteroatoms. The molecule has 0 spiro atoms. The van der Waals surface area contributed by atoms with Gasteiger partial charge in [0.15, 0.2) is 5.65 Å². The lowest BCUT2D eigenvalue weighted by molar-refractivity contribution is 0.718. The number of rotatable bonds is 5. The number of hydrogen-bond donors (Lipinski definition) is 4. The predicted molar refractivity (Wildman–Crippen MR) is 124 cm³/mol. The lowest BCUT2D eigenvalue weighted by Gasteiger charge is -2.15. The zero-order valence-electron chi connectivity index (χ0n) is 17.2. The molecule has 0 aliphatic heterocycles. The first-order chi connectivity index (χ1) is 15.7. The van der Waals surface area contributed by atoms with Crippen LogP contribution in [0.4, 0.5) is 11.8 Å². The third-order valence-corrected chi connectivity index (χ3v) is 5.98. The second kappa shape index (κ2) is 7.52. The Morgan fingerprint density at radius 2 is 1.75 bits per heavy atom. The Bertz CT molecular complexity index is 1420. The van der Waals surface area contributed by atoms with E-state index in [4.69, 9.17) is 0 Å². The molecular formula is C23H22N8O. The van der Waals surface area contributed by atoms with Crippen LogP contribution in [0.5, 0.6) is 0 Å². The van der Waals surface area contributed by atoms with Crippen molar-refractivity contribution < 1.29 is 0 Å². The molecule has 9 nitrogen and oxygen atoms in total. The first kappa shape index (κ1) is 18.6. The first-order valence-corrected chi connectivity index (χ1v) is 10.7. The topological polar surface area (TPSA) is 116 Å². The minimum Gasteiger partial charge on any atom is -0.367 e. The lowest BCUT2D eigenvalue weighted by atomic mass is 10.2. The maximum absolute atomic E-state index is 12.4. The van der Waals surface area contributed by atoms with Crippen LogP contribution in [0.25, 0.3) is 27.9 Å². The van der Waals surface area contributed by atoms with Gasteiger partial charge >= 0.3 is 5.69 Å². The minimum atomic E-state index is -0.167. The van der Waals surface area contributed by atoms with Crippen molar-refractivity contribution in [3.63, 3.8) is 0 Å². The van der Waals surface area contributed by atoms with Gasteiger partial charge in [0.25, 0.3) is 0 Å². The Morgan fingerprint density at radius 1 is 0.906 bits per heavy atom. The van der Waals surface area contributed by atoms with Gasteiger partial charge in [-0.3, -0.25) is 4.57 Å². The van der Waals surface area contributed by atoms with E-state index in [0.717, 1.165) is 58.9 Å². The van der Waals surface area contributed by atoms with E-state index in [1.807, 2.05) is 48.5 Å². The monoisotopic (exact) mass is 426 g/mol. The molecule has 0 bridgehead atoms. The number of anilines is 2. The van der Waals surface area contributed by atoms with Gasteiger partial charge in [0.05, 0.1) is 28.4 Å². The highest BCUT2D eigenvalue weighted by Crippen LogP contribution is 2.25. The Morgan fingerprint density at radius 3 is 2.59 bits per heavy atom. The van der Waals surface area contributed by atoms with Crippen LogP contribution in [0.1, 0.15) is 19.3 Å². The van der Waals surface area contributed by atoms with Crippen LogP contribution >= 0.6 is 0 Å². The van der Waals surface area contributed by atoms with E-state index in [0.29, 0.717) is 12.1 Å². The fourth-order valence-corrected chi connectivity index (χ4v) is 4.47. The number of imidazole rings is 2. The number of para-hydroxylation sites is 2. The molecule has 4 heterocycles. The van der Waals surface area contributed by atoms with E-state index >= 15 is 0 Å². The summed E-state index contributed by atoms with van der Waals surface area (Å²) in [6.07, 6.45) is 6.54. The van der Waals surface area contributed by atoms with Crippen LogP contribution in [0, 0.1) is 0 Å². The van der Waals surface area contributed by atoms with E-state index < -0.39 is 0 Å². The van der Waals surface area contributed by atoms with E-state index in [-0.39, 0.29) is 5.69 Å². The van der Waals surface area contributed by atoms with E-state index in [9.17, 15) is 4.79 Å². The van der Waals surface area contributed by atoms with Crippen molar-refractivity contribution in [2.24, 2.45) is 0 Å². The highest BCUT2D eigenvalue weighted by molar-refractivity contribution is 5.77. The number of H-pyrrole nitrogens is 2. The van der Waals surface area contributed by atoms with E-state index in [1.165, 1.54) is 0 Å². The molecule has 0 unspecified atom stereocenters. The predicted octanol–water partition coefficient (Wildman–Crippen LogP) is 3.43. The molecule has 1 saturated carbocycles. The van der Waals surface area contributed by atoms with Crippen LogP contribution in [0.2, 0.25) is 0 Å². The summed E-state index contributed by atoms with van der Waals surface area (Å²) < 4.78 is 1.64. The number of nitrogens with zero attached hydrogens (tertiary/aromatic N) is 4. The Hall–Kier alpha value is -4.14. The number of aromatic amines is 2. The zero-order chi connectivity index (χ0) is 21.5. The molecule has 0 amide bonds. The number of aromatic nitrogens is 6. The van der Waals surface area contributed by atoms with Crippen LogP contribution in [-0.2, 0) is 0 Å². The standard InChI is InChI=1S/C23H22N8O/c32-23-29-17-4-1-2-6-19(17)31(23)16-9-10-20(25-13-16)26-14-7-8-15(12-14)27-22-28-18-5-3-11-24-21(18)30-22/h1-6,9-11,13-15H,7-8,12H2,(H,25,26)(H,29,32)(H2,24,27,28,30)/t14-,15-/m0/s1. The number of hydrogen-bond acceptors (Lipinski definition) is 6. The van der Waals surface area contributed by atoms with Gasteiger partial charge in [0, 0.05) is 18.3 Å². The van der Waals surface area contributed by atoms with Gasteiger partial charge in [0.2, 0.25) is 5.95 Å². The number of benzene rings is 1. The summed E-state index contributed by atoms with van der Waals surface area (Å²) in [5, 5.41) is 7.01. The van der Waals surface area contributed by atoms with Gasteiger partial charge in [0.1, 0.15) is 5.82 Å². The molecule has 4 N–H and O–H groups in total. The SMILES string of the molecule is O=c1[nH]c2ccccc2n1-c1ccc(N[C@H]2CC[C@H](Nc3nc4ncccc4[nH]3)C2)nc1. The minimum absolute atomic E-state index is 0.167. The highest BCUT2D eigenvalue weighted by Gasteiger charge is 2.25. The molecule has 1 fully saturated rings. The zero-order valence-corrected chi connectivity index (χ0v) is 17.2. The molecule has 0 saturated heterocycles. The van der Waals surface area contributed by atoms with Crippen LogP contribution in [0.3, 0.4) is 0 Å². The molecule has 4 aromatic heterocycles. The third kappa shape index (κ3) is 3.37.